The first-order valence-electron chi connectivity index (χ1n) is 18.6. The molecule has 6 rings (SSSR count). The van der Waals surface area contributed by atoms with Gasteiger partial charge in [-0.1, -0.05) is 88.4 Å². The highest BCUT2D eigenvalue weighted by atomic mass is 16.6. The zero-order valence-electron chi connectivity index (χ0n) is 32.0. The largest absolute Gasteiger partial charge is 0.456 e. The minimum Gasteiger partial charge on any atom is -0.456 e. The van der Waals surface area contributed by atoms with Gasteiger partial charge in [-0.2, -0.15) is 9.59 Å². The number of carbonyl (C=O) groups is 4. The molecule has 4 aliphatic rings. The van der Waals surface area contributed by atoms with Crippen molar-refractivity contribution in [3.8, 4) is 0 Å². The number of amides is 1. The maximum absolute atomic E-state index is 14.8. The lowest BCUT2D eigenvalue weighted by Crippen LogP contribution is -2.74. The Morgan fingerprint density at radius 1 is 1.00 bits per heavy atom. The summed E-state index contributed by atoms with van der Waals surface area (Å²) in [4.78, 5) is 69.9. The van der Waals surface area contributed by atoms with Crippen molar-refractivity contribution in [1.29, 1.82) is 0 Å². The molecule has 1 saturated heterocycles. The van der Waals surface area contributed by atoms with E-state index in [2.05, 4.69) is 5.32 Å². The monoisotopic (exact) mass is 761 g/mol. The summed E-state index contributed by atoms with van der Waals surface area (Å²) in [5, 5.41) is 51.5. The minimum absolute atomic E-state index is 0.146. The molecule has 3 aliphatic carbocycles. The van der Waals surface area contributed by atoms with Crippen LogP contribution < -0.4 is 5.32 Å². The lowest BCUT2D eigenvalue weighted by molar-refractivity contribution is -0.293. The predicted octanol–water partition coefficient (Wildman–Crippen LogP) is 2.90. The molecule has 296 valence electrons. The van der Waals surface area contributed by atoms with Crippen LogP contribution in [0.3, 0.4) is 0 Å². The summed E-state index contributed by atoms with van der Waals surface area (Å²) in [5.41, 5.74) is -3.51. The van der Waals surface area contributed by atoms with E-state index in [-0.39, 0.29) is 49.5 Å². The number of hydrogen-bond donors (Lipinski definition) is 5. The van der Waals surface area contributed by atoms with Crippen LogP contribution in [-0.2, 0) is 38.2 Å². The SMILES string of the molecule is CCC(=O)CC(=O)N[C@@H](c1ccccc1)[C@@H](O)C(=O)O[C@H]1C[C@@]2(O)[C@@H](c3ccccc3)C3[C@]4(C)CO[C@@H]4C[C@H](O)[C@@]3(C)C(=O)[C@H](O)C(=C1C)C2(C)C.O=C=O. The van der Waals surface area contributed by atoms with Gasteiger partial charge in [-0.15, -0.1) is 0 Å². The van der Waals surface area contributed by atoms with E-state index in [4.69, 9.17) is 19.1 Å². The normalized spacial score (nSPS) is 34.3. The van der Waals surface area contributed by atoms with E-state index in [9.17, 15) is 39.6 Å². The van der Waals surface area contributed by atoms with Gasteiger partial charge in [-0.05, 0) is 42.0 Å². The third-order valence-electron chi connectivity index (χ3n) is 13.1. The molecule has 2 aromatic carbocycles. The smallest absolute Gasteiger partial charge is 0.373 e. The van der Waals surface area contributed by atoms with Crippen LogP contribution in [0.1, 0.15) is 90.3 Å². The van der Waals surface area contributed by atoms with Crippen molar-refractivity contribution in [2.45, 2.75) is 115 Å². The molecule has 0 radical (unpaired) electrons. The van der Waals surface area contributed by atoms with Crippen LogP contribution >= 0.6 is 0 Å². The second-order valence-corrected chi connectivity index (χ2v) is 16.3. The molecule has 2 bridgehead atoms. The lowest BCUT2D eigenvalue weighted by Gasteiger charge is -2.69. The summed E-state index contributed by atoms with van der Waals surface area (Å²) in [5.74, 6) is -4.18. The molecule has 13 nitrogen and oxygen atoms in total. The Hall–Kier alpha value is -4.36. The highest BCUT2D eigenvalue weighted by Gasteiger charge is 2.74. The highest BCUT2D eigenvalue weighted by molar-refractivity contribution is 5.98. The molecule has 1 amide bonds. The maximum Gasteiger partial charge on any atom is 0.373 e. The first-order chi connectivity index (χ1) is 25.8. The Balaban J connectivity index is 0.00000187. The fourth-order valence-corrected chi connectivity index (χ4v) is 9.98. The first-order valence-corrected chi connectivity index (χ1v) is 18.6. The fourth-order valence-electron chi connectivity index (χ4n) is 9.98. The van der Waals surface area contributed by atoms with E-state index in [1.807, 2.05) is 37.3 Å². The Labute approximate surface area is 320 Å². The summed E-state index contributed by atoms with van der Waals surface area (Å²) in [6.45, 7) is 10.8. The van der Waals surface area contributed by atoms with Gasteiger partial charge in [-0.3, -0.25) is 14.4 Å². The second kappa shape index (κ2) is 15.6. The molecule has 13 heteroatoms. The van der Waals surface area contributed by atoms with Gasteiger partial charge in [-0.25, -0.2) is 4.79 Å². The van der Waals surface area contributed by atoms with Crippen LogP contribution in [-0.4, -0.2) is 92.7 Å². The number of ketones is 2. The number of hydrogen-bond acceptors (Lipinski definition) is 12. The Morgan fingerprint density at radius 2 is 1.58 bits per heavy atom. The van der Waals surface area contributed by atoms with Crippen LogP contribution in [0.5, 0.6) is 0 Å². The van der Waals surface area contributed by atoms with Crippen LogP contribution in [0, 0.1) is 22.2 Å². The number of Topliss-reactive ketones (excluding diaryl/α,β-unsaturated/α-hetero) is 2. The topological polar surface area (TPSA) is 214 Å². The van der Waals surface area contributed by atoms with E-state index in [0.29, 0.717) is 11.1 Å². The third kappa shape index (κ3) is 6.92. The van der Waals surface area contributed by atoms with Crippen molar-refractivity contribution in [2.75, 3.05) is 6.61 Å². The van der Waals surface area contributed by atoms with E-state index < -0.39 is 88.2 Å². The average Bonchev–Trinajstić information content (AvgIpc) is 3.15. The Bertz CT molecular complexity index is 1860. The van der Waals surface area contributed by atoms with Gasteiger partial charge in [0.05, 0.1) is 42.3 Å². The molecule has 2 saturated carbocycles. The molecule has 5 N–H and O–H groups in total. The standard InChI is InChI=1S/C41H51NO10.CO2/c1-7-25(43)18-29(45)42-32(24-16-12-9-13-17-24)34(47)37(49)52-26-20-41(50)31(23-14-10-8-11-15-23)35-39(5)21-51-28(39)19-27(44)40(35,6)36(48)33(46)30(22(26)2)38(41,3)4;2-1-3/h8-17,26-28,31-35,44,46-47,50H,7,18-21H2,1-6H3,(H,42,45);/t26-,27-,28+,31-,32-,33+,34+,35?,39+,40+,41+;/m0./s1. The molecule has 1 unspecified atom stereocenters. The van der Waals surface area contributed by atoms with Crippen LogP contribution in [0.4, 0.5) is 0 Å². The molecule has 1 heterocycles. The zero-order chi connectivity index (χ0) is 40.7. The number of ether oxygens (including phenoxy) is 2. The average molecular weight is 762 g/mol. The quantitative estimate of drug-likeness (QED) is 0.142. The second-order valence-electron chi connectivity index (χ2n) is 16.3. The molecule has 2 aromatic rings. The van der Waals surface area contributed by atoms with Gasteiger partial charge in [0, 0.05) is 36.0 Å². The molecular weight excluding hydrogens is 710 g/mol. The molecule has 0 aromatic heterocycles. The van der Waals surface area contributed by atoms with Crippen molar-refractivity contribution in [3.05, 3.63) is 82.9 Å². The summed E-state index contributed by atoms with van der Waals surface area (Å²) in [6.07, 6.45) is -6.41. The molecule has 55 heavy (non-hydrogen) atoms. The van der Waals surface area contributed by atoms with Crippen LogP contribution in [0.15, 0.2) is 71.8 Å². The first kappa shape index (κ1) is 41.8. The molecule has 11 atom stereocenters. The van der Waals surface area contributed by atoms with Gasteiger partial charge in [0.2, 0.25) is 5.91 Å². The molecule has 0 spiro atoms. The predicted molar refractivity (Wildman–Crippen MR) is 194 cm³/mol. The number of esters is 1. The van der Waals surface area contributed by atoms with Crippen molar-refractivity contribution in [1.82, 2.24) is 5.32 Å². The van der Waals surface area contributed by atoms with Gasteiger partial charge in [0.25, 0.3) is 0 Å². The van der Waals surface area contributed by atoms with E-state index in [0.717, 1.165) is 5.56 Å². The van der Waals surface area contributed by atoms with E-state index >= 15 is 0 Å². The molecule has 1 aliphatic heterocycles. The number of carbonyl (C=O) groups excluding carboxylic acids is 6. The highest BCUT2D eigenvalue weighted by Crippen LogP contribution is 2.69. The number of benzene rings is 2. The van der Waals surface area contributed by atoms with Gasteiger partial charge < -0.3 is 35.2 Å². The van der Waals surface area contributed by atoms with Crippen molar-refractivity contribution >= 4 is 29.6 Å². The minimum atomic E-state index is -1.92. The number of rotatable bonds is 9. The number of nitrogens with one attached hydrogen (secondary N) is 1. The third-order valence-corrected chi connectivity index (χ3v) is 13.1. The summed E-state index contributed by atoms with van der Waals surface area (Å²) in [6, 6.07) is 16.4. The zero-order valence-corrected chi connectivity index (χ0v) is 32.0. The Kier molecular flexibility index (Phi) is 11.9. The number of fused-ring (bicyclic) bond motifs is 5. The fraction of sp³-hybridized carbons (Fsp3) is 0.548. The van der Waals surface area contributed by atoms with E-state index in [1.165, 1.54) is 0 Å². The lowest BCUT2D eigenvalue weighted by atomic mass is 9.39. The summed E-state index contributed by atoms with van der Waals surface area (Å²) in [7, 11) is 0. The van der Waals surface area contributed by atoms with Crippen LogP contribution in [0.2, 0.25) is 0 Å². The van der Waals surface area contributed by atoms with E-state index in [1.54, 1.807) is 65.0 Å². The van der Waals surface area contributed by atoms with Crippen molar-refractivity contribution in [3.63, 3.8) is 0 Å². The van der Waals surface area contributed by atoms with Crippen LogP contribution in [0.25, 0.3) is 0 Å². The van der Waals surface area contributed by atoms with Crippen molar-refractivity contribution < 1.29 is 58.7 Å². The summed E-state index contributed by atoms with van der Waals surface area (Å²) < 4.78 is 12.0. The molecule has 3 fully saturated rings. The molecular formula is C42H51NO12. The maximum atomic E-state index is 14.8. The Morgan fingerprint density at radius 3 is 2.13 bits per heavy atom. The number of aliphatic hydroxyl groups is 4. The number of aliphatic hydroxyl groups excluding tert-OH is 3. The van der Waals surface area contributed by atoms with Crippen molar-refractivity contribution in [2.24, 2.45) is 22.2 Å². The van der Waals surface area contributed by atoms with Gasteiger partial charge in [0.15, 0.2) is 11.9 Å². The van der Waals surface area contributed by atoms with Gasteiger partial charge in [0.1, 0.15) is 18.0 Å². The summed E-state index contributed by atoms with van der Waals surface area (Å²) >= 11 is 0. The van der Waals surface area contributed by atoms with Gasteiger partial charge >= 0.3 is 12.1 Å².